The van der Waals surface area contributed by atoms with Crippen LogP contribution in [0.2, 0.25) is 5.02 Å². The second-order valence-corrected chi connectivity index (χ2v) is 6.71. The smallest absolute Gasteiger partial charge is 0.261 e. The van der Waals surface area contributed by atoms with E-state index in [-0.39, 0.29) is 11.4 Å². The van der Waals surface area contributed by atoms with Crippen molar-refractivity contribution in [3.63, 3.8) is 0 Å². The molecule has 3 aromatic rings. The lowest BCUT2D eigenvalue weighted by atomic mass is 10.2. The molecule has 0 spiro atoms. The Kier molecular flexibility index (Phi) is 5.49. The Morgan fingerprint density at radius 2 is 1.88 bits per heavy atom. The Bertz CT molecular complexity index is 1010. The standard InChI is InChI=1S/C20H19ClFN3O/c1-24(2)11-12-25-19(10-5-14-3-7-16(22)8-4-14)23-18-13-15(21)6-9-17(18)20(25)26/h3-10,13H,11-12H2,1-2H3/b10-5+. The molecule has 0 atom stereocenters. The first-order chi connectivity index (χ1) is 12.4. The van der Waals surface area contributed by atoms with E-state index in [0.29, 0.717) is 34.8 Å². The molecule has 2 aromatic carbocycles. The number of hydrogen-bond acceptors (Lipinski definition) is 3. The maximum absolute atomic E-state index is 13.1. The summed E-state index contributed by atoms with van der Waals surface area (Å²) in [7, 11) is 3.90. The van der Waals surface area contributed by atoms with Gasteiger partial charge in [0.25, 0.3) is 5.56 Å². The highest BCUT2D eigenvalue weighted by Crippen LogP contribution is 2.16. The fourth-order valence-corrected chi connectivity index (χ4v) is 2.77. The third-order valence-electron chi connectivity index (χ3n) is 4.01. The van der Waals surface area contributed by atoms with Crippen LogP contribution in [0.4, 0.5) is 4.39 Å². The van der Waals surface area contributed by atoms with Crippen LogP contribution in [0, 0.1) is 5.82 Å². The van der Waals surface area contributed by atoms with Crippen molar-refractivity contribution in [2.75, 3.05) is 20.6 Å². The van der Waals surface area contributed by atoms with E-state index < -0.39 is 0 Å². The van der Waals surface area contributed by atoms with E-state index in [0.717, 1.165) is 5.56 Å². The van der Waals surface area contributed by atoms with Crippen LogP contribution in [0.3, 0.4) is 0 Å². The fraction of sp³-hybridized carbons (Fsp3) is 0.200. The maximum atomic E-state index is 13.1. The van der Waals surface area contributed by atoms with Crippen LogP contribution in [0.5, 0.6) is 0 Å². The predicted molar refractivity (Wildman–Crippen MR) is 105 cm³/mol. The summed E-state index contributed by atoms with van der Waals surface area (Å²) in [4.78, 5) is 19.5. The Morgan fingerprint density at radius 3 is 2.58 bits per heavy atom. The lowest BCUT2D eigenvalue weighted by molar-refractivity contribution is 0.379. The van der Waals surface area contributed by atoms with Crippen LogP contribution in [-0.2, 0) is 6.54 Å². The molecule has 0 saturated carbocycles. The van der Waals surface area contributed by atoms with E-state index in [9.17, 15) is 9.18 Å². The van der Waals surface area contributed by atoms with Crippen molar-refractivity contribution in [3.8, 4) is 0 Å². The van der Waals surface area contributed by atoms with Gasteiger partial charge in [0.15, 0.2) is 0 Å². The zero-order chi connectivity index (χ0) is 18.7. The maximum Gasteiger partial charge on any atom is 0.261 e. The SMILES string of the molecule is CN(C)CCn1c(/C=C/c2ccc(F)cc2)nc2cc(Cl)ccc2c1=O. The lowest BCUT2D eigenvalue weighted by Crippen LogP contribution is -2.29. The number of rotatable bonds is 5. The van der Waals surface area contributed by atoms with Crippen LogP contribution in [0.1, 0.15) is 11.4 Å². The van der Waals surface area contributed by atoms with E-state index in [4.69, 9.17) is 11.6 Å². The van der Waals surface area contributed by atoms with Gasteiger partial charge in [-0.25, -0.2) is 9.37 Å². The number of aromatic nitrogens is 2. The molecular weight excluding hydrogens is 353 g/mol. The van der Waals surface area contributed by atoms with E-state index in [2.05, 4.69) is 4.98 Å². The number of benzene rings is 2. The summed E-state index contributed by atoms with van der Waals surface area (Å²) in [5.74, 6) is 0.249. The molecule has 0 N–H and O–H groups in total. The molecule has 1 heterocycles. The monoisotopic (exact) mass is 371 g/mol. The summed E-state index contributed by atoms with van der Waals surface area (Å²) in [5, 5.41) is 1.07. The van der Waals surface area contributed by atoms with E-state index in [1.165, 1.54) is 12.1 Å². The van der Waals surface area contributed by atoms with Crippen LogP contribution in [0.15, 0.2) is 47.3 Å². The summed E-state index contributed by atoms with van der Waals surface area (Å²) in [6, 6.07) is 11.2. The average molecular weight is 372 g/mol. The number of hydrogen-bond donors (Lipinski definition) is 0. The molecule has 3 rings (SSSR count). The van der Waals surface area contributed by atoms with Gasteiger partial charge >= 0.3 is 0 Å². The molecule has 0 aliphatic rings. The number of nitrogens with zero attached hydrogens (tertiary/aromatic N) is 3. The van der Waals surface area contributed by atoms with Crippen molar-refractivity contribution in [1.82, 2.24) is 14.5 Å². The average Bonchev–Trinajstić information content (AvgIpc) is 2.60. The normalized spacial score (nSPS) is 11.7. The van der Waals surface area contributed by atoms with Crippen LogP contribution in [0.25, 0.3) is 23.1 Å². The van der Waals surface area contributed by atoms with Crippen molar-refractivity contribution in [2.24, 2.45) is 0 Å². The summed E-state index contributed by atoms with van der Waals surface area (Å²) >= 11 is 6.04. The topological polar surface area (TPSA) is 38.1 Å². The minimum Gasteiger partial charge on any atom is -0.308 e. The summed E-state index contributed by atoms with van der Waals surface area (Å²) in [5.41, 5.74) is 1.28. The fourth-order valence-electron chi connectivity index (χ4n) is 2.60. The molecule has 0 saturated heterocycles. The Labute approximate surface area is 156 Å². The second kappa shape index (κ2) is 7.81. The van der Waals surface area contributed by atoms with Gasteiger partial charge in [-0.2, -0.15) is 0 Å². The molecule has 26 heavy (non-hydrogen) atoms. The van der Waals surface area contributed by atoms with Crippen LogP contribution >= 0.6 is 11.6 Å². The minimum absolute atomic E-state index is 0.104. The molecule has 1 aromatic heterocycles. The molecule has 134 valence electrons. The molecule has 0 fully saturated rings. The quantitative estimate of drug-likeness (QED) is 0.682. The highest BCUT2D eigenvalue weighted by atomic mass is 35.5. The zero-order valence-electron chi connectivity index (χ0n) is 14.6. The van der Waals surface area contributed by atoms with Gasteiger partial charge in [0.05, 0.1) is 10.9 Å². The third-order valence-corrected chi connectivity index (χ3v) is 4.25. The molecule has 0 aliphatic carbocycles. The van der Waals surface area contributed by atoms with E-state index in [1.807, 2.05) is 25.1 Å². The number of halogens is 2. The van der Waals surface area contributed by atoms with Gasteiger partial charge in [0, 0.05) is 18.1 Å². The van der Waals surface area contributed by atoms with Gasteiger partial charge < -0.3 is 4.90 Å². The molecule has 0 amide bonds. The Balaban J connectivity index is 2.09. The zero-order valence-corrected chi connectivity index (χ0v) is 15.4. The van der Waals surface area contributed by atoms with Gasteiger partial charge in [-0.15, -0.1) is 0 Å². The molecule has 0 unspecified atom stereocenters. The molecule has 0 bridgehead atoms. The van der Waals surface area contributed by atoms with E-state index in [1.54, 1.807) is 41.0 Å². The van der Waals surface area contributed by atoms with Gasteiger partial charge in [-0.1, -0.05) is 29.8 Å². The highest BCUT2D eigenvalue weighted by Gasteiger charge is 2.10. The van der Waals surface area contributed by atoms with Crippen molar-refractivity contribution in [2.45, 2.75) is 6.54 Å². The molecule has 0 radical (unpaired) electrons. The van der Waals surface area contributed by atoms with E-state index >= 15 is 0 Å². The first-order valence-corrected chi connectivity index (χ1v) is 8.60. The van der Waals surface area contributed by atoms with Gasteiger partial charge in [-0.3, -0.25) is 9.36 Å². The van der Waals surface area contributed by atoms with Gasteiger partial charge in [0.1, 0.15) is 11.6 Å². The van der Waals surface area contributed by atoms with Crippen molar-refractivity contribution in [3.05, 3.63) is 75.0 Å². The molecule has 0 aliphatic heterocycles. The first-order valence-electron chi connectivity index (χ1n) is 8.22. The Hall–Kier alpha value is -2.50. The van der Waals surface area contributed by atoms with Crippen LogP contribution < -0.4 is 5.56 Å². The summed E-state index contributed by atoms with van der Waals surface area (Å²) < 4.78 is 14.7. The minimum atomic E-state index is -0.288. The molecule has 4 nitrogen and oxygen atoms in total. The molecular formula is C20H19ClFN3O. The predicted octanol–water partition coefficient (Wildman–Crippen LogP) is 3.92. The Morgan fingerprint density at radius 1 is 1.15 bits per heavy atom. The first kappa shape index (κ1) is 18.3. The van der Waals surface area contributed by atoms with Gasteiger partial charge in [-0.05, 0) is 56.1 Å². The van der Waals surface area contributed by atoms with Crippen molar-refractivity contribution >= 4 is 34.7 Å². The summed E-state index contributed by atoms with van der Waals surface area (Å²) in [6.45, 7) is 1.22. The van der Waals surface area contributed by atoms with Crippen molar-refractivity contribution in [1.29, 1.82) is 0 Å². The second-order valence-electron chi connectivity index (χ2n) is 6.28. The van der Waals surface area contributed by atoms with Crippen molar-refractivity contribution < 1.29 is 4.39 Å². The number of fused-ring (bicyclic) bond motifs is 1. The largest absolute Gasteiger partial charge is 0.308 e. The summed E-state index contributed by atoms with van der Waals surface area (Å²) in [6.07, 6.45) is 3.58. The number of likely N-dealkylation sites (N-methyl/N-ethyl adjacent to an activating group) is 1. The highest BCUT2D eigenvalue weighted by molar-refractivity contribution is 6.31. The molecule has 6 heteroatoms. The van der Waals surface area contributed by atoms with Gasteiger partial charge in [0.2, 0.25) is 0 Å². The van der Waals surface area contributed by atoms with Crippen LogP contribution in [-0.4, -0.2) is 35.1 Å². The lowest BCUT2D eigenvalue weighted by Gasteiger charge is -2.14. The third kappa shape index (κ3) is 4.18.